The third-order valence-corrected chi connectivity index (χ3v) is 2.15. The maximum Gasteiger partial charge on any atom is 0.147 e. The van der Waals surface area contributed by atoms with Gasteiger partial charge in [0.15, 0.2) is 0 Å². The maximum absolute atomic E-state index is 4.31. The molecule has 0 saturated carbocycles. The van der Waals surface area contributed by atoms with Crippen molar-refractivity contribution in [3.8, 4) is 0 Å². The highest BCUT2D eigenvalue weighted by molar-refractivity contribution is 5.34. The molecule has 3 nitrogen and oxygen atoms in total. The van der Waals surface area contributed by atoms with Crippen LogP contribution >= 0.6 is 0 Å². The molecule has 3 heteroatoms. The molecule has 1 aromatic heterocycles. The number of unbranched alkanes of at least 4 members (excludes halogenated alkanes) is 1. The van der Waals surface area contributed by atoms with Gasteiger partial charge in [-0.25, -0.2) is 4.98 Å². The minimum atomic E-state index is 1.00. The molecule has 1 heterocycles. The Morgan fingerprint density at radius 1 is 1.14 bits per heavy atom. The van der Waals surface area contributed by atoms with E-state index in [1.54, 1.807) is 12.4 Å². The number of aromatic nitrogens is 2. The second-order valence-electron chi connectivity index (χ2n) is 3.40. The molecule has 0 fully saturated rings. The molecule has 0 radical (unpaired) electrons. The van der Waals surface area contributed by atoms with Gasteiger partial charge < -0.3 is 4.90 Å². The number of hydrogen-bond acceptors (Lipinski definition) is 3. The summed E-state index contributed by atoms with van der Waals surface area (Å²) in [5.74, 6) is 1.00. The van der Waals surface area contributed by atoms with Crippen LogP contribution in [0.15, 0.2) is 18.6 Å². The fourth-order valence-corrected chi connectivity index (χ4v) is 1.41. The van der Waals surface area contributed by atoms with Crippen molar-refractivity contribution in [2.24, 2.45) is 0 Å². The first-order valence-corrected chi connectivity index (χ1v) is 5.39. The van der Waals surface area contributed by atoms with Gasteiger partial charge in [-0.05, 0) is 12.8 Å². The second-order valence-corrected chi connectivity index (χ2v) is 3.40. The Morgan fingerprint density at radius 3 is 2.57 bits per heavy atom. The zero-order valence-electron chi connectivity index (χ0n) is 9.11. The first-order valence-electron chi connectivity index (χ1n) is 5.39. The molecular formula is C11H19N3. The highest BCUT2D eigenvalue weighted by Crippen LogP contribution is 2.09. The Hall–Kier alpha value is -1.12. The van der Waals surface area contributed by atoms with Gasteiger partial charge in [0.05, 0.1) is 6.20 Å². The molecule has 0 spiro atoms. The Morgan fingerprint density at radius 2 is 2.00 bits per heavy atom. The summed E-state index contributed by atoms with van der Waals surface area (Å²) < 4.78 is 0. The van der Waals surface area contributed by atoms with Crippen molar-refractivity contribution in [3.63, 3.8) is 0 Å². The minimum absolute atomic E-state index is 1.00. The summed E-state index contributed by atoms with van der Waals surface area (Å²) in [6.45, 7) is 6.55. The summed E-state index contributed by atoms with van der Waals surface area (Å²) in [6, 6.07) is 0. The topological polar surface area (TPSA) is 29.0 Å². The lowest BCUT2D eigenvalue weighted by Gasteiger charge is -2.22. The predicted molar refractivity (Wildman–Crippen MR) is 59.4 cm³/mol. The Kier molecular flexibility index (Phi) is 4.97. The highest BCUT2D eigenvalue weighted by atomic mass is 15.2. The van der Waals surface area contributed by atoms with Crippen molar-refractivity contribution >= 4 is 5.82 Å². The molecule has 0 aliphatic heterocycles. The molecule has 0 bridgehead atoms. The van der Waals surface area contributed by atoms with Gasteiger partial charge in [-0.3, -0.25) is 4.98 Å². The molecule has 0 atom stereocenters. The van der Waals surface area contributed by atoms with Crippen LogP contribution in [0.2, 0.25) is 0 Å². The van der Waals surface area contributed by atoms with Gasteiger partial charge in [-0.15, -0.1) is 0 Å². The first kappa shape index (κ1) is 11.0. The monoisotopic (exact) mass is 193 g/mol. The Bertz CT molecular complexity index is 236. The molecule has 0 aliphatic carbocycles. The van der Waals surface area contributed by atoms with Crippen LogP contribution in [0.4, 0.5) is 5.82 Å². The number of nitrogens with zero attached hydrogens (tertiary/aromatic N) is 3. The van der Waals surface area contributed by atoms with E-state index < -0.39 is 0 Å². The van der Waals surface area contributed by atoms with Crippen LogP contribution < -0.4 is 4.90 Å². The molecule has 0 unspecified atom stereocenters. The zero-order chi connectivity index (χ0) is 10.2. The Balaban J connectivity index is 2.58. The average molecular weight is 193 g/mol. The van der Waals surface area contributed by atoms with Crippen LogP contribution in [0.3, 0.4) is 0 Å². The van der Waals surface area contributed by atoms with E-state index in [-0.39, 0.29) is 0 Å². The maximum atomic E-state index is 4.31. The van der Waals surface area contributed by atoms with Gasteiger partial charge in [0, 0.05) is 25.5 Å². The summed E-state index contributed by atoms with van der Waals surface area (Å²) in [7, 11) is 0. The lowest BCUT2D eigenvalue weighted by Crippen LogP contribution is -2.26. The lowest BCUT2D eigenvalue weighted by atomic mass is 10.3. The van der Waals surface area contributed by atoms with Crippen LogP contribution in [0, 0.1) is 0 Å². The standard InChI is InChI=1S/C11H19N3/c1-3-5-9-14(8-4-2)11-10-12-6-7-13-11/h6-7,10H,3-5,8-9H2,1-2H3. The fraction of sp³-hybridized carbons (Fsp3) is 0.636. The smallest absolute Gasteiger partial charge is 0.147 e. The van der Waals surface area contributed by atoms with E-state index in [0.717, 1.165) is 25.3 Å². The van der Waals surface area contributed by atoms with Crippen LogP contribution in [-0.4, -0.2) is 23.1 Å². The molecule has 0 aromatic carbocycles. The van der Waals surface area contributed by atoms with Crippen LogP contribution in [0.25, 0.3) is 0 Å². The average Bonchev–Trinajstić information content (AvgIpc) is 2.25. The zero-order valence-corrected chi connectivity index (χ0v) is 9.11. The van der Waals surface area contributed by atoms with Gasteiger partial charge >= 0.3 is 0 Å². The molecule has 1 rings (SSSR count). The van der Waals surface area contributed by atoms with Crippen molar-refractivity contribution < 1.29 is 0 Å². The van der Waals surface area contributed by atoms with E-state index in [2.05, 4.69) is 28.7 Å². The fourth-order valence-electron chi connectivity index (χ4n) is 1.41. The molecule has 14 heavy (non-hydrogen) atoms. The summed E-state index contributed by atoms with van der Waals surface area (Å²) >= 11 is 0. The molecule has 0 aliphatic rings. The summed E-state index contributed by atoms with van der Waals surface area (Å²) in [6.07, 6.45) is 8.90. The summed E-state index contributed by atoms with van der Waals surface area (Å²) in [5, 5.41) is 0. The van der Waals surface area contributed by atoms with E-state index >= 15 is 0 Å². The van der Waals surface area contributed by atoms with Gasteiger partial charge in [-0.2, -0.15) is 0 Å². The molecular weight excluding hydrogens is 174 g/mol. The minimum Gasteiger partial charge on any atom is -0.355 e. The summed E-state index contributed by atoms with van der Waals surface area (Å²) in [5.41, 5.74) is 0. The third-order valence-electron chi connectivity index (χ3n) is 2.15. The van der Waals surface area contributed by atoms with Gasteiger partial charge in [0.25, 0.3) is 0 Å². The van der Waals surface area contributed by atoms with Crippen molar-refractivity contribution in [2.45, 2.75) is 33.1 Å². The molecule has 0 amide bonds. The molecule has 0 saturated heterocycles. The van der Waals surface area contributed by atoms with E-state index in [1.807, 2.05) is 6.20 Å². The number of rotatable bonds is 6. The van der Waals surface area contributed by atoms with Crippen LogP contribution in [-0.2, 0) is 0 Å². The van der Waals surface area contributed by atoms with E-state index in [9.17, 15) is 0 Å². The summed E-state index contributed by atoms with van der Waals surface area (Å²) in [4.78, 5) is 10.7. The quantitative estimate of drug-likeness (QED) is 0.695. The largest absolute Gasteiger partial charge is 0.355 e. The van der Waals surface area contributed by atoms with Crippen molar-refractivity contribution in [3.05, 3.63) is 18.6 Å². The van der Waals surface area contributed by atoms with Crippen LogP contribution in [0.1, 0.15) is 33.1 Å². The second kappa shape index (κ2) is 6.35. The third kappa shape index (κ3) is 3.32. The van der Waals surface area contributed by atoms with E-state index in [1.165, 1.54) is 12.8 Å². The van der Waals surface area contributed by atoms with Crippen molar-refractivity contribution in [1.29, 1.82) is 0 Å². The van der Waals surface area contributed by atoms with Gasteiger partial charge in [-0.1, -0.05) is 20.3 Å². The van der Waals surface area contributed by atoms with Crippen molar-refractivity contribution in [2.75, 3.05) is 18.0 Å². The molecule has 78 valence electrons. The first-order chi connectivity index (χ1) is 6.88. The highest BCUT2D eigenvalue weighted by Gasteiger charge is 2.04. The molecule has 0 N–H and O–H groups in total. The normalized spacial score (nSPS) is 10.1. The lowest BCUT2D eigenvalue weighted by molar-refractivity contribution is 0.695. The Labute approximate surface area is 86.2 Å². The number of anilines is 1. The molecule has 1 aromatic rings. The SMILES string of the molecule is CCCCN(CCC)c1cnccn1. The predicted octanol–water partition coefficient (Wildman–Crippen LogP) is 2.49. The van der Waals surface area contributed by atoms with Gasteiger partial charge in [0.1, 0.15) is 5.82 Å². The number of hydrogen-bond donors (Lipinski definition) is 0. The van der Waals surface area contributed by atoms with Crippen molar-refractivity contribution in [1.82, 2.24) is 9.97 Å². The van der Waals surface area contributed by atoms with E-state index in [0.29, 0.717) is 0 Å². The van der Waals surface area contributed by atoms with E-state index in [4.69, 9.17) is 0 Å². The van der Waals surface area contributed by atoms with Crippen LogP contribution in [0.5, 0.6) is 0 Å². The van der Waals surface area contributed by atoms with Gasteiger partial charge in [0.2, 0.25) is 0 Å².